The standard InChI is InChI=1S/C12H14BrNO2/c1-16-12-5-4-11(13)9-3-2-8(14-7-15)6-10(9)12/h4-5,7-8H,2-3,6H2,1H3,(H,14,15). The first-order valence-electron chi connectivity index (χ1n) is 5.30. The number of ether oxygens (including phenoxy) is 1. The largest absolute Gasteiger partial charge is 0.496 e. The lowest BCUT2D eigenvalue weighted by atomic mass is 9.88. The van der Waals surface area contributed by atoms with Gasteiger partial charge >= 0.3 is 0 Å². The molecule has 0 bridgehead atoms. The number of methoxy groups -OCH3 is 1. The van der Waals surface area contributed by atoms with Crippen molar-refractivity contribution in [2.24, 2.45) is 0 Å². The van der Waals surface area contributed by atoms with Crippen LogP contribution in [0.5, 0.6) is 5.75 Å². The number of fused-ring (bicyclic) bond motifs is 1. The molecule has 1 aromatic rings. The topological polar surface area (TPSA) is 38.3 Å². The van der Waals surface area contributed by atoms with Crippen LogP contribution in [0.15, 0.2) is 16.6 Å². The molecule has 1 atom stereocenters. The zero-order valence-electron chi connectivity index (χ0n) is 9.13. The van der Waals surface area contributed by atoms with E-state index >= 15 is 0 Å². The van der Waals surface area contributed by atoms with Crippen molar-refractivity contribution < 1.29 is 9.53 Å². The molecule has 0 radical (unpaired) electrons. The number of hydrogen-bond acceptors (Lipinski definition) is 2. The second-order valence-corrected chi connectivity index (χ2v) is 4.79. The molecule has 0 heterocycles. The summed E-state index contributed by atoms with van der Waals surface area (Å²) in [5, 5.41) is 2.84. The van der Waals surface area contributed by atoms with Gasteiger partial charge in [-0.15, -0.1) is 0 Å². The highest BCUT2D eigenvalue weighted by Gasteiger charge is 2.22. The maximum absolute atomic E-state index is 10.5. The highest BCUT2D eigenvalue weighted by Crippen LogP contribution is 2.34. The van der Waals surface area contributed by atoms with Crippen molar-refractivity contribution in [2.75, 3.05) is 7.11 Å². The molecule has 1 aliphatic carbocycles. The first-order chi connectivity index (χ1) is 7.76. The van der Waals surface area contributed by atoms with E-state index in [1.807, 2.05) is 12.1 Å². The first-order valence-corrected chi connectivity index (χ1v) is 6.09. The van der Waals surface area contributed by atoms with Crippen molar-refractivity contribution in [3.8, 4) is 5.75 Å². The molecular weight excluding hydrogens is 270 g/mol. The van der Waals surface area contributed by atoms with Gasteiger partial charge in [0.25, 0.3) is 0 Å². The van der Waals surface area contributed by atoms with Crippen molar-refractivity contribution in [1.29, 1.82) is 0 Å². The Morgan fingerprint density at radius 3 is 3.00 bits per heavy atom. The van der Waals surface area contributed by atoms with Crippen LogP contribution in [-0.4, -0.2) is 19.6 Å². The van der Waals surface area contributed by atoms with Gasteiger partial charge in [0, 0.05) is 16.1 Å². The number of halogens is 1. The van der Waals surface area contributed by atoms with E-state index in [1.54, 1.807) is 7.11 Å². The van der Waals surface area contributed by atoms with Crippen LogP contribution in [0, 0.1) is 0 Å². The summed E-state index contributed by atoms with van der Waals surface area (Å²) in [6, 6.07) is 4.21. The van der Waals surface area contributed by atoms with Crippen molar-refractivity contribution in [3.05, 3.63) is 27.7 Å². The molecular formula is C12H14BrNO2. The summed E-state index contributed by atoms with van der Waals surface area (Å²) in [4.78, 5) is 10.5. The summed E-state index contributed by atoms with van der Waals surface area (Å²) in [5.74, 6) is 0.913. The maximum atomic E-state index is 10.5. The van der Waals surface area contributed by atoms with E-state index in [0.717, 1.165) is 35.9 Å². The van der Waals surface area contributed by atoms with E-state index in [4.69, 9.17) is 4.74 Å². The van der Waals surface area contributed by atoms with Crippen LogP contribution in [0.3, 0.4) is 0 Å². The van der Waals surface area contributed by atoms with Gasteiger partial charge < -0.3 is 10.1 Å². The number of carbonyl (C=O) groups excluding carboxylic acids is 1. The Morgan fingerprint density at radius 1 is 1.50 bits per heavy atom. The number of carbonyl (C=O) groups is 1. The minimum Gasteiger partial charge on any atom is -0.496 e. The summed E-state index contributed by atoms with van der Waals surface area (Å²) in [7, 11) is 1.68. The van der Waals surface area contributed by atoms with Crippen LogP contribution >= 0.6 is 15.9 Å². The van der Waals surface area contributed by atoms with Crippen LogP contribution in [-0.2, 0) is 17.6 Å². The minimum atomic E-state index is 0.230. The molecule has 2 rings (SSSR count). The SMILES string of the molecule is COc1ccc(Br)c2c1CC(NC=O)CC2. The quantitative estimate of drug-likeness (QED) is 0.863. The number of nitrogens with one attached hydrogen (secondary N) is 1. The van der Waals surface area contributed by atoms with Crippen molar-refractivity contribution in [1.82, 2.24) is 5.32 Å². The maximum Gasteiger partial charge on any atom is 0.207 e. The number of hydrogen-bond donors (Lipinski definition) is 1. The Kier molecular flexibility index (Phi) is 3.49. The monoisotopic (exact) mass is 283 g/mol. The van der Waals surface area contributed by atoms with Gasteiger partial charge in [-0.3, -0.25) is 4.79 Å². The summed E-state index contributed by atoms with van der Waals surface area (Å²) in [5.41, 5.74) is 2.52. The second kappa shape index (κ2) is 4.87. The van der Waals surface area contributed by atoms with Gasteiger partial charge in [-0.1, -0.05) is 15.9 Å². The molecule has 1 N–H and O–H groups in total. The molecule has 0 aliphatic heterocycles. The zero-order chi connectivity index (χ0) is 11.5. The molecule has 0 spiro atoms. The lowest BCUT2D eigenvalue weighted by Crippen LogP contribution is -2.33. The number of benzene rings is 1. The summed E-state index contributed by atoms with van der Waals surface area (Å²) in [6.07, 6.45) is 3.58. The Labute approximate surface area is 103 Å². The van der Waals surface area contributed by atoms with E-state index in [2.05, 4.69) is 21.2 Å². The Bertz CT molecular complexity index is 406. The fourth-order valence-corrected chi connectivity index (χ4v) is 2.80. The van der Waals surface area contributed by atoms with Crippen LogP contribution in [0.25, 0.3) is 0 Å². The van der Waals surface area contributed by atoms with E-state index in [9.17, 15) is 4.79 Å². The first kappa shape index (κ1) is 11.5. The molecule has 1 unspecified atom stereocenters. The van der Waals surface area contributed by atoms with Crippen molar-refractivity contribution in [3.63, 3.8) is 0 Å². The van der Waals surface area contributed by atoms with E-state index in [-0.39, 0.29) is 6.04 Å². The molecule has 1 aliphatic rings. The molecule has 1 aromatic carbocycles. The van der Waals surface area contributed by atoms with Crippen LogP contribution < -0.4 is 10.1 Å². The normalized spacial score (nSPS) is 18.8. The van der Waals surface area contributed by atoms with Gasteiger partial charge in [0.1, 0.15) is 5.75 Å². The van der Waals surface area contributed by atoms with Gasteiger partial charge in [0.05, 0.1) is 7.11 Å². The lowest BCUT2D eigenvalue weighted by Gasteiger charge is -2.26. The van der Waals surface area contributed by atoms with Crippen LogP contribution in [0.1, 0.15) is 17.5 Å². The molecule has 0 saturated heterocycles. The molecule has 1 amide bonds. The third-order valence-electron chi connectivity index (χ3n) is 3.05. The average Bonchev–Trinajstić information content (AvgIpc) is 2.30. The van der Waals surface area contributed by atoms with E-state index < -0.39 is 0 Å². The predicted molar refractivity (Wildman–Crippen MR) is 65.7 cm³/mol. The van der Waals surface area contributed by atoms with Gasteiger partial charge in [0.15, 0.2) is 0 Å². The van der Waals surface area contributed by atoms with Gasteiger partial charge in [-0.2, -0.15) is 0 Å². The van der Waals surface area contributed by atoms with Gasteiger partial charge in [-0.05, 0) is 37.0 Å². The van der Waals surface area contributed by atoms with Gasteiger partial charge in [-0.25, -0.2) is 0 Å². The fourth-order valence-electron chi connectivity index (χ4n) is 2.23. The predicted octanol–water partition coefficient (Wildman–Crippen LogP) is 2.06. The van der Waals surface area contributed by atoms with E-state index in [0.29, 0.717) is 0 Å². The Morgan fingerprint density at radius 2 is 2.31 bits per heavy atom. The Hall–Kier alpha value is -1.03. The summed E-state index contributed by atoms with van der Waals surface area (Å²) in [6.45, 7) is 0. The number of amides is 1. The molecule has 16 heavy (non-hydrogen) atoms. The van der Waals surface area contributed by atoms with Crippen LogP contribution in [0.2, 0.25) is 0 Å². The van der Waals surface area contributed by atoms with Crippen molar-refractivity contribution >= 4 is 22.3 Å². The Balaban J connectivity index is 2.34. The molecule has 0 fully saturated rings. The molecule has 0 aromatic heterocycles. The lowest BCUT2D eigenvalue weighted by molar-refractivity contribution is -0.110. The second-order valence-electron chi connectivity index (χ2n) is 3.93. The highest BCUT2D eigenvalue weighted by molar-refractivity contribution is 9.10. The molecule has 0 saturated carbocycles. The molecule has 3 nitrogen and oxygen atoms in total. The third kappa shape index (κ3) is 2.07. The summed E-state index contributed by atoms with van der Waals surface area (Å²) >= 11 is 3.56. The molecule has 4 heteroatoms. The van der Waals surface area contributed by atoms with Gasteiger partial charge in [0.2, 0.25) is 6.41 Å². The van der Waals surface area contributed by atoms with Crippen LogP contribution in [0.4, 0.5) is 0 Å². The van der Waals surface area contributed by atoms with E-state index in [1.165, 1.54) is 11.1 Å². The third-order valence-corrected chi connectivity index (χ3v) is 3.79. The average molecular weight is 284 g/mol. The zero-order valence-corrected chi connectivity index (χ0v) is 10.7. The highest BCUT2D eigenvalue weighted by atomic mass is 79.9. The molecule has 86 valence electrons. The smallest absolute Gasteiger partial charge is 0.207 e. The fraction of sp³-hybridized carbons (Fsp3) is 0.417. The number of rotatable bonds is 3. The van der Waals surface area contributed by atoms with Crippen molar-refractivity contribution in [2.45, 2.75) is 25.3 Å². The summed E-state index contributed by atoms with van der Waals surface area (Å²) < 4.78 is 6.49. The minimum absolute atomic E-state index is 0.230.